The van der Waals surface area contributed by atoms with E-state index in [0.29, 0.717) is 25.3 Å². The van der Waals surface area contributed by atoms with Crippen molar-refractivity contribution in [1.29, 1.82) is 0 Å². The molecule has 0 saturated heterocycles. The first-order valence-electron chi connectivity index (χ1n) is 12.3. The molecular formula is C30H31N3O3. The minimum Gasteiger partial charge on any atom is -0.491 e. The molecule has 1 aliphatic heterocycles. The van der Waals surface area contributed by atoms with Crippen molar-refractivity contribution in [1.82, 2.24) is 14.8 Å². The van der Waals surface area contributed by atoms with Gasteiger partial charge < -0.3 is 19.5 Å². The Morgan fingerprint density at radius 2 is 1.67 bits per heavy atom. The molecule has 2 amide bonds. The highest BCUT2D eigenvalue weighted by molar-refractivity contribution is 6.03. The van der Waals surface area contributed by atoms with Crippen LogP contribution in [0.2, 0.25) is 0 Å². The van der Waals surface area contributed by atoms with Crippen molar-refractivity contribution in [3.8, 4) is 5.75 Å². The van der Waals surface area contributed by atoms with Gasteiger partial charge in [-0.2, -0.15) is 0 Å². The number of fused-ring (bicyclic) bond motifs is 3. The molecular weight excluding hydrogens is 450 g/mol. The number of amides is 2. The van der Waals surface area contributed by atoms with E-state index >= 15 is 0 Å². The van der Waals surface area contributed by atoms with E-state index in [0.717, 1.165) is 27.8 Å². The van der Waals surface area contributed by atoms with Crippen LogP contribution in [-0.2, 0) is 24.4 Å². The SMILES string of the molecule is CC(C)Oc1ccc(CN2C(=O)c3cc4ccccc4n3C[C@@]2(C)C(=O)NCc2ccccc2)cc1. The molecule has 0 bridgehead atoms. The first kappa shape index (κ1) is 23.7. The summed E-state index contributed by atoms with van der Waals surface area (Å²) in [7, 11) is 0. The van der Waals surface area contributed by atoms with Gasteiger partial charge >= 0.3 is 0 Å². The van der Waals surface area contributed by atoms with Gasteiger partial charge in [0.15, 0.2) is 0 Å². The van der Waals surface area contributed by atoms with Crippen molar-refractivity contribution < 1.29 is 14.3 Å². The van der Waals surface area contributed by atoms with Gasteiger partial charge in [-0.3, -0.25) is 9.59 Å². The van der Waals surface area contributed by atoms with E-state index in [1.165, 1.54) is 0 Å². The zero-order chi connectivity index (χ0) is 25.3. The molecule has 0 fully saturated rings. The van der Waals surface area contributed by atoms with E-state index in [-0.39, 0.29) is 17.9 Å². The molecule has 1 atom stereocenters. The summed E-state index contributed by atoms with van der Waals surface area (Å²) in [6.45, 7) is 6.92. The lowest BCUT2D eigenvalue weighted by molar-refractivity contribution is -0.133. The zero-order valence-corrected chi connectivity index (χ0v) is 20.9. The Labute approximate surface area is 211 Å². The lowest BCUT2D eigenvalue weighted by Gasteiger charge is -2.44. The largest absolute Gasteiger partial charge is 0.491 e. The number of hydrogen-bond donors (Lipinski definition) is 1. The van der Waals surface area contributed by atoms with Crippen molar-refractivity contribution in [2.45, 2.75) is 52.0 Å². The van der Waals surface area contributed by atoms with E-state index in [1.54, 1.807) is 4.90 Å². The average molecular weight is 482 g/mol. The lowest BCUT2D eigenvalue weighted by atomic mass is 9.93. The van der Waals surface area contributed by atoms with Gasteiger partial charge in [0.1, 0.15) is 17.0 Å². The Morgan fingerprint density at radius 3 is 2.39 bits per heavy atom. The van der Waals surface area contributed by atoms with Crippen LogP contribution in [0.1, 0.15) is 42.4 Å². The smallest absolute Gasteiger partial charge is 0.271 e. The van der Waals surface area contributed by atoms with Gasteiger partial charge in [0.05, 0.1) is 12.6 Å². The maximum Gasteiger partial charge on any atom is 0.271 e. The molecule has 0 radical (unpaired) electrons. The highest BCUT2D eigenvalue weighted by atomic mass is 16.5. The molecule has 0 aliphatic carbocycles. The van der Waals surface area contributed by atoms with Gasteiger partial charge in [0, 0.05) is 24.0 Å². The van der Waals surface area contributed by atoms with Crippen molar-refractivity contribution in [3.63, 3.8) is 0 Å². The predicted molar refractivity (Wildman–Crippen MR) is 141 cm³/mol. The Kier molecular flexibility index (Phi) is 6.27. The number of carbonyl (C=O) groups excluding carboxylic acids is 2. The number of ether oxygens (including phenoxy) is 1. The van der Waals surface area contributed by atoms with Crippen LogP contribution in [0.15, 0.2) is 84.9 Å². The molecule has 1 aliphatic rings. The topological polar surface area (TPSA) is 63.6 Å². The maximum absolute atomic E-state index is 13.9. The third-order valence-electron chi connectivity index (χ3n) is 6.76. The Hall–Kier alpha value is -4.06. The summed E-state index contributed by atoms with van der Waals surface area (Å²) in [5.74, 6) is 0.447. The molecule has 184 valence electrons. The Balaban J connectivity index is 1.49. The van der Waals surface area contributed by atoms with E-state index in [9.17, 15) is 9.59 Å². The number of hydrogen-bond acceptors (Lipinski definition) is 3. The van der Waals surface area contributed by atoms with Crippen LogP contribution in [0.4, 0.5) is 0 Å². The van der Waals surface area contributed by atoms with Crippen LogP contribution in [0.5, 0.6) is 5.75 Å². The number of aromatic nitrogens is 1. The summed E-state index contributed by atoms with van der Waals surface area (Å²) in [5, 5.41) is 4.07. The normalized spacial score (nSPS) is 17.3. The summed E-state index contributed by atoms with van der Waals surface area (Å²) >= 11 is 0. The van der Waals surface area contributed by atoms with Gasteiger partial charge in [0.2, 0.25) is 5.91 Å². The maximum atomic E-state index is 13.9. The second kappa shape index (κ2) is 9.53. The molecule has 36 heavy (non-hydrogen) atoms. The lowest BCUT2D eigenvalue weighted by Crippen LogP contribution is -2.63. The van der Waals surface area contributed by atoms with E-state index < -0.39 is 5.54 Å². The number of nitrogens with zero attached hydrogens (tertiary/aromatic N) is 2. The van der Waals surface area contributed by atoms with Gasteiger partial charge in [-0.15, -0.1) is 0 Å². The summed E-state index contributed by atoms with van der Waals surface area (Å²) in [6.07, 6.45) is 0.0815. The molecule has 5 rings (SSSR count). The summed E-state index contributed by atoms with van der Waals surface area (Å²) in [4.78, 5) is 29.4. The quantitative estimate of drug-likeness (QED) is 0.397. The Bertz CT molecular complexity index is 1390. The van der Waals surface area contributed by atoms with Gasteiger partial charge in [-0.05, 0) is 56.2 Å². The molecule has 1 aromatic heterocycles. The third-order valence-corrected chi connectivity index (χ3v) is 6.76. The van der Waals surface area contributed by atoms with Gasteiger partial charge in [-0.1, -0.05) is 60.7 Å². The molecule has 1 N–H and O–H groups in total. The number of para-hydroxylation sites is 1. The number of nitrogens with one attached hydrogen (secondary N) is 1. The fourth-order valence-corrected chi connectivity index (χ4v) is 4.85. The van der Waals surface area contributed by atoms with Crippen molar-refractivity contribution >= 4 is 22.7 Å². The Morgan fingerprint density at radius 1 is 0.972 bits per heavy atom. The van der Waals surface area contributed by atoms with Crippen LogP contribution < -0.4 is 10.1 Å². The van der Waals surface area contributed by atoms with Gasteiger partial charge in [0.25, 0.3) is 5.91 Å². The molecule has 4 aromatic rings. The standard InChI is InChI=1S/C30H31N3O3/c1-21(2)36-25-15-13-23(14-16-25)19-33-28(34)27-17-24-11-7-8-12-26(24)32(27)20-30(33,3)29(35)31-18-22-9-5-4-6-10-22/h4-17,21H,18-20H2,1-3H3,(H,31,35)/t30-/m0/s1. The van der Waals surface area contributed by atoms with Gasteiger partial charge in [-0.25, -0.2) is 0 Å². The highest BCUT2D eigenvalue weighted by Crippen LogP contribution is 2.33. The van der Waals surface area contributed by atoms with E-state index in [2.05, 4.69) is 5.32 Å². The summed E-state index contributed by atoms with van der Waals surface area (Å²) in [6, 6.07) is 27.4. The molecule has 3 aromatic carbocycles. The van der Waals surface area contributed by atoms with E-state index in [1.807, 2.05) is 110 Å². The van der Waals surface area contributed by atoms with Crippen LogP contribution in [-0.4, -0.2) is 32.9 Å². The molecule has 0 spiro atoms. The fourth-order valence-electron chi connectivity index (χ4n) is 4.85. The second-order valence-electron chi connectivity index (χ2n) is 9.82. The predicted octanol–water partition coefficient (Wildman–Crippen LogP) is 5.16. The minimum absolute atomic E-state index is 0.0815. The monoisotopic (exact) mass is 481 g/mol. The van der Waals surface area contributed by atoms with Crippen LogP contribution in [0.25, 0.3) is 10.9 Å². The first-order valence-corrected chi connectivity index (χ1v) is 12.3. The fraction of sp³-hybridized carbons (Fsp3) is 0.267. The molecule has 2 heterocycles. The zero-order valence-electron chi connectivity index (χ0n) is 20.9. The molecule has 0 saturated carbocycles. The number of rotatable bonds is 7. The van der Waals surface area contributed by atoms with Crippen LogP contribution in [0, 0.1) is 0 Å². The van der Waals surface area contributed by atoms with E-state index in [4.69, 9.17) is 4.74 Å². The highest BCUT2D eigenvalue weighted by Gasteiger charge is 2.47. The van der Waals surface area contributed by atoms with Crippen LogP contribution in [0.3, 0.4) is 0 Å². The van der Waals surface area contributed by atoms with Crippen molar-refractivity contribution in [3.05, 3.63) is 102 Å². The minimum atomic E-state index is -1.08. The number of benzene rings is 3. The first-order chi connectivity index (χ1) is 17.3. The van der Waals surface area contributed by atoms with Crippen molar-refractivity contribution in [2.24, 2.45) is 0 Å². The number of carbonyl (C=O) groups is 2. The molecule has 6 nitrogen and oxygen atoms in total. The molecule has 0 unspecified atom stereocenters. The summed E-state index contributed by atoms with van der Waals surface area (Å²) < 4.78 is 7.75. The average Bonchev–Trinajstić information content (AvgIpc) is 3.25. The second-order valence-corrected chi connectivity index (χ2v) is 9.82. The van der Waals surface area contributed by atoms with Crippen molar-refractivity contribution in [2.75, 3.05) is 0 Å². The molecule has 6 heteroatoms. The van der Waals surface area contributed by atoms with Crippen LogP contribution >= 0.6 is 0 Å². The third kappa shape index (κ3) is 4.47. The summed E-state index contributed by atoms with van der Waals surface area (Å²) in [5.41, 5.74) is 2.43.